The first-order chi connectivity index (χ1) is 25.7. The van der Waals surface area contributed by atoms with Crippen molar-refractivity contribution in [1.29, 1.82) is 0 Å². The van der Waals surface area contributed by atoms with E-state index in [1.165, 1.54) is 36.1 Å². The van der Waals surface area contributed by atoms with Crippen LogP contribution in [0.1, 0.15) is 28.5 Å². The van der Waals surface area contributed by atoms with E-state index in [0.717, 1.165) is 22.3 Å². The van der Waals surface area contributed by atoms with Crippen LogP contribution >= 0.6 is 0 Å². The fourth-order valence-electron chi connectivity index (χ4n) is 6.33. The van der Waals surface area contributed by atoms with Gasteiger partial charge in [-0.1, -0.05) is 84.9 Å². The molecule has 1 aliphatic heterocycles. The van der Waals surface area contributed by atoms with Gasteiger partial charge < -0.3 is 28.8 Å². The van der Waals surface area contributed by atoms with Crippen LogP contribution in [0.3, 0.4) is 0 Å². The summed E-state index contributed by atoms with van der Waals surface area (Å²) in [6, 6.07) is 34.3. The summed E-state index contributed by atoms with van der Waals surface area (Å²) in [5.74, 6) is 0.620. The van der Waals surface area contributed by atoms with Crippen molar-refractivity contribution in [2.75, 3.05) is 32.8 Å². The number of rotatable bonds is 14. The number of aliphatic hydroxyl groups excluding tert-OH is 1. The highest BCUT2D eigenvalue weighted by Crippen LogP contribution is 2.42. The number of nitrogens with zero attached hydrogens (tertiary/aromatic N) is 3. The number of methoxy groups -OCH3 is 2. The summed E-state index contributed by atoms with van der Waals surface area (Å²) in [7, 11) is 3.01. The molecular formula is C39H38N4O10. The smallest absolute Gasteiger partial charge is 0.412 e. The molecule has 0 unspecified atom stereocenters. The van der Waals surface area contributed by atoms with E-state index in [4.69, 9.17) is 23.7 Å². The zero-order valence-corrected chi connectivity index (χ0v) is 28.9. The molecule has 14 heteroatoms. The first-order valence-corrected chi connectivity index (χ1v) is 16.8. The van der Waals surface area contributed by atoms with Crippen LogP contribution in [0.2, 0.25) is 0 Å². The number of aliphatic hydroxyl groups is 1. The molecule has 0 spiro atoms. The van der Waals surface area contributed by atoms with E-state index < -0.39 is 46.8 Å². The van der Waals surface area contributed by atoms with Crippen LogP contribution in [0.5, 0.6) is 5.75 Å². The van der Waals surface area contributed by atoms with Crippen LogP contribution in [0.15, 0.2) is 126 Å². The molecule has 0 radical (unpaired) electrons. The Labute approximate surface area is 304 Å². The van der Waals surface area contributed by atoms with E-state index in [9.17, 15) is 24.8 Å². The number of non-ortho nitro benzene ring substituents is 1. The van der Waals surface area contributed by atoms with Crippen molar-refractivity contribution in [2.24, 2.45) is 0 Å². The normalized spacial score (nSPS) is 18.3. The van der Waals surface area contributed by atoms with E-state index in [-0.39, 0.29) is 24.7 Å². The number of nitrogens with one attached hydrogen (secondary N) is 1. The van der Waals surface area contributed by atoms with E-state index in [1.807, 2.05) is 84.9 Å². The van der Waals surface area contributed by atoms with Gasteiger partial charge in [-0.05, 0) is 40.5 Å². The van der Waals surface area contributed by atoms with Crippen molar-refractivity contribution in [3.8, 4) is 5.75 Å². The van der Waals surface area contributed by atoms with Crippen LogP contribution < -0.4 is 15.7 Å². The fourth-order valence-corrected chi connectivity index (χ4v) is 6.33. The minimum absolute atomic E-state index is 0.0121. The maximum Gasteiger partial charge on any atom is 0.412 e. The average Bonchev–Trinajstić information content (AvgIpc) is 3.50. The molecule has 2 heterocycles. The summed E-state index contributed by atoms with van der Waals surface area (Å²) in [6.07, 6.45) is -3.29. The number of hydrogen-bond donors (Lipinski definition) is 2. The summed E-state index contributed by atoms with van der Waals surface area (Å²) < 4.78 is 30.6. The summed E-state index contributed by atoms with van der Waals surface area (Å²) in [5, 5.41) is 24.7. The van der Waals surface area contributed by atoms with E-state index in [2.05, 4.69) is 10.3 Å². The second kappa shape index (κ2) is 16.6. The van der Waals surface area contributed by atoms with Gasteiger partial charge in [0.05, 0.1) is 25.2 Å². The number of aromatic nitrogens is 2. The predicted molar refractivity (Wildman–Crippen MR) is 193 cm³/mol. The van der Waals surface area contributed by atoms with Gasteiger partial charge >= 0.3 is 11.8 Å². The lowest BCUT2D eigenvalue weighted by Crippen LogP contribution is -2.40. The van der Waals surface area contributed by atoms with Crippen LogP contribution in [0, 0.1) is 10.1 Å². The SMILES string of the molecule is COc1ccc(C(OC[C@H]2O[C@@H](n3ccc(NC(=O)OCCc4ccc([N+](=O)[O-])cc4)nc3=O)[C@H](OC)[C@@H]2O)(c2ccccc2)c2ccccc2)cc1. The van der Waals surface area contributed by atoms with Gasteiger partial charge in [-0.25, -0.2) is 9.59 Å². The quantitative estimate of drug-likeness (QED) is 0.0873. The lowest BCUT2D eigenvalue weighted by atomic mass is 9.80. The monoisotopic (exact) mass is 722 g/mol. The van der Waals surface area contributed by atoms with E-state index in [1.54, 1.807) is 19.2 Å². The Morgan fingerprint density at radius 1 is 0.925 bits per heavy atom. The van der Waals surface area contributed by atoms with Crippen molar-refractivity contribution < 1.29 is 38.5 Å². The van der Waals surface area contributed by atoms with Gasteiger partial charge in [-0.2, -0.15) is 4.98 Å². The molecule has 2 N–H and O–H groups in total. The molecule has 53 heavy (non-hydrogen) atoms. The lowest BCUT2D eigenvalue weighted by molar-refractivity contribution is -0.384. The zero-order chi connectivity index (χ0) is 37.4. The van der Waals surface area contributed by atoms with Crippen molar-refractivity contribution in [3.63, 3.8) is 0 Å². The van der Waals surface area contributed by atoms with Gasteiger partial charge in [0.1, 0.15) is 35.5 Å². The highest BCUT2D eigenvalue weighted by Gasteiger charge is 2.47. The predicted octanol–water partition coefficient (Wildman–Crippen LogP) is 5.23. The van der Waals surface area contributed by atoms with Gasteiger partial charge in [-0.3, -0.25) is 20.0 Å². The Balaban J connectivity index is 1.17. The number of carbonyl (C=O) groups is 1. The van der Waals surface area contributed by atoms with Gasteiger partial charge in [0.25, 0.3) is 5.69 Å². The standard InChI is InChI=1S/C39H38N4O10/c1-49-31-19-15-29(16-20-31)39(27-9-5-3-6-10-27,28-11-7-4-8-12-28)52-25-32-34(44)35(50-2)36(53-32)42-23-21-33(40-37(42)45)41-38(46)51-24-22-26-13-17-30(18-14-26)43(47)48/h3-21,23,32,34-36,44H,22,24-25H2,1-2H3,(H,40,41,45,46)/t32-,34-,35-,36-/m1/s1. The summed E-state index contributed by atoms with van der Waals surface area (Å²) in [6.45, 7) is -0.108. The molecule has 6 rings (SSSR count). The molecule has 0 aliphatic carbocycles. The van der Waals surface area contributed by atoms with E-state index >= 15 is 0 Å². The third-order valence-corrected chi connectivity index (χ3v) is 9.01. The molecule has 4 atom stereocenters. The van der Waals surface area contributed by atoms with Crippen molar-refractivity contribution >= 4 is 17.6 Å². The van der Waals surface area contributed by atoms with E-state index in [0.29, 0.717) is 12.2 Å². The topological polar surface area (TPSA) is 174 Å². The second-order valence-corrected chi connectivity index (χ2v) is 12.1. The molecule has 0 bridgehead atoms. The number of benzene rings is 4. The van der Waals surface area contributed by atoms with Crippen LogP contribution in [0.25, 0.3) is 0 Å². The number of carbonyl (C=O) groups excluding carboxylic acids is 1. The number of nitro groups is 1. The van der Waals surface area contributed by atoms with Crippen molar-refractivity contribution in [3.05, 3.63) is 164 Å². The van der Waals surface area contributed by atoms with Crippen LogP contribution in [-0.2, 0) is 31.0 Å². The second-order valence-electron chi connectivity index (χ2n) is 12.1. The molecule has 4 aromatic carbocycles. The minimum Gasteiger partial charge on any atom is -0.497 e. The number of amides is 1. The minimum atomic E-state index is -1.19. The number of hydrogen-bond acceptors (Lipinski definition) is 11. The molecule has 274 valence electrons. The molecule has 5 aromatic rings. The largest absolute Gasteiger partial charge is 0.497 e. The Morgan fingerprint density at radius 3 is 2.11 bits per heavy atom. The van der Waals surface area contributed by atoms with Crippen molar-refractivity contribution in [1.82, 2.24) is 9.55 Å². The number of nitro benzene ring substituents is 1. The van der Waals surface area contributed by atoms with Gasteiger partial charge in [-0.15, -0.1) is 0 Å². The molecule has 1 fully saturated rings. The zero-order valence-electron chi connectivity index (χ0n) is 28.9. The fraction of sp³-hybridized carbons (Fsp3) is 0.256. The third-order valence-electron chi connectivity index (χ3n) is 9.01. The Kier molecular flexibility index (Phi) is 11.5. The molecule has 1 saturated heterocycles. The highest BCUT2D eigenvalue weighted by molar-refractivity contribution is 5.83. The lowest BCUT2D eigenvalue weighted by Gasteiger charge is -2.37. The van der Waals surface area contributed by atoms with Crippen LogP contribution in [-0.4, -0.2) is 71.4 Å². The Bertz CT molecular complexity index is 2000. The average molecular weight is 723 g/mol. The Morgan fingerprint density at radius 2 is 1.55 bits per heavy atom. The van der Waals surface area contributed by atoms with Crippen molar-refractivity contribution in [2.45, 2.75) is 36.6 Å². The number of anilines is 1. The maximum absolute atomic E-state index is 13.2. The van der Waals surface area contributed by atoms with Gasteiger partial charge in [0.15, 0.2) is 6.23 Å². The molecule has 1 aromatic heterocycles. The first-order valence-electron chi connectivity index (χ1n) is 16.8. The highest BCUT2D eigenvalue weighted by atomic mass is 16.6. The molecule has 1 amide bonds. The maximum atomic E-state index is 13.2. The summed E-state index contributed by atoms with van der Waals surface area (Å²) in [5.41, 5.74) is 1.32. The molecule has 1 aliphatic rings. The summed E-state index contributed by atoms with van der Waals surface area (Å²) in [4.78, 5) is 40.0. The Hall–Kier alpha value is -5.93. The third kappa shape index (κ3) is 8.10. The number of ether oxygens (including phenoxy) is 5. The summed E-state index contributed by atoms with van der Waals surface area (Å²) >= 11 is 0. The van der Waals surface area contributed by atoms with Crippen LogP contribution in [0.4, 0.5) is 16.3 Å². The molecular weight excluding hydrogens is 684 g/mol. The molecule has 14 nitrogen and oxygen atoms in total. The van der Waals surface area contributed by atoms with Gasteiger partial charge in [0.2, 0.25) is 0 Å². The first kappa shape index (κ1) is 36.8. The van der Waals surface area contributed by atoms with Gasteiger partial charge in [0, 0.05) is 31.9 Å². The molecule has 0 saturated carbocycles.